The molecule has 0 radical (unpaired) electrons. The molecule has 0 fully saturated rings. The van der Waals surface area contributed by atoms with Gasteiger partial charge in [0.25, 0.3) is 0 Å². The summed E-state index contributed by atoms with van der Waals surface area (Å²) in [5.41, 5.74) is 2.38. The Morgan fingerprint density at radius 2 is 0.985 bits per heavy atom. The third-order valence-electron chi connectivity index (χ3n) is 12.3. The first-order valence-electron chi connectivity index (χ1n) is 22.2. The number of hydrogen-bond acceptors (Lipinski definition) is 12. The number of rotatable bonds is 18. The van der Waals surface area contributed by atoms with Crippen molar-refractivity contribution in [3.8, 4) is 11.5 Å². The number of aliphatic carboxylic acids is 2. The van der Waals surface area contributed by atoms with Gasteiger partial charge in [0, 0.05) is 47.4 Å². The summed E-state index contributed by atoms with van der Waals surface area (Å²) in [7, 11) is -7.26. The highest BCUT2D eigenvalue weighted by Gasteiger charge is 2.43. The SMILES string of the molecule is CCCC[C@@]1(CC)CN(c2ccccc2)c2cc(SC)c(O/C=C\C(=O)O)cc2S(=O)(=O)C1.CCCC[C@]1(CC)CN(c2ccccc2)c2cc(SC)c(O/C=C\C(=O)O)cc2S(=O)(=O)C1. The summed E-state index contributed by atoms with van der Waals surface area (Å²) in [5, 5.41) is 17.7. The molecule has 0 spiro atoms. The topological polar surface area (TPSA) is 168 Å². The van der Waals surface area contributed by atoms with Gasteiger partial charge in [0.15, 0.2) is 19.7 Å². The van der Waals surface area contributed by atoms with Crippen LogP contribution in [-0.2, 0) is 29.3 Å². The first kappa shape index (κ1) is 52.1. The van der Waals surface area contributed by atoms with Crippen molar-refractivity contribution in [2.24, 2.45) is 10.8 Å². The fourth-order valence-corrected chi connectivity index (χ4v) is 14.0. The zero-order chi connectivity index (χ0) is 48.1. The van der Waals surface area contributed by atoms with E-state index >= 15 is 0 Å². The summed E-state index contributed by atoms with van der Waals surface area (Å²) >= 11 is 2.85. The molecule has 0 saturated heterocycles. The largest absolute Gasteiger partial charge is 0.478 e. The Labute approximate surface area is 399 Å². The van der Waals surface area contributed by atoms with Crippen LogP contribution in [0.2, 0.25) is 0 Å². The van der Waals surface area contributed by atoms with Gasteiger partial charge in [-0.1, -0.05) is 89.8 Å². The van der Waals surface area contributed by atoms with Gasteiger partial charge in [0.2, 0.25) is 0 Å². The van der Waals surface area contributed by atoms with E-state index in [0.29, 0.717) is 36.0 Å². The van der Waals surface area contributed by atoms with Crippen molar-refractivity contribution in [3.63, 3.8) is 0 Å². The molecule has 16 heteroatoms. The number of thioether (sulfide) groups is 2. The molecule has 4 aromatic rings. The van der Waals surface area contributed by atoms with Crippen molar-refractivity contribution in [2.45, 2.75) is 98.6 Å². The molecule has 2 heterocycles. The number of carboxylic acid groups (broad SMARTS) is 2. The van der Waals surface area contributed by atoms with Crippen molar-refractivity contribution in [2.75, 3.05) is 46.9 Å². The summed E-state index contributed by atoms with van der Waals surface area (Å²) < 4.78 is 66.1. The second-order valence-electron chi connectivity index (χ2n) is 16.7. The van der Waals surface area contributed by atoms with E-state index in [2.05, 4.69) is 37.5 Å². The monoisotopic (exact) mass is 978 g/mol. The Morgan fingerprint density at radius 3 is 1.29 bits per heavy atom. The first-order valence-corrected chi connectivity index (χ1v) is 27.9. The summed E-state index contributed by atoms with van der Waals surface area (Å²) in [6.45, 7) is 9.60. The lowest BCUT2D eigenvalue weighted by Crippen LogP contribution is -2.37. The summed E-state index contributed by atoms with van der Waals surface area (Å²) in [4.78, 5) is 27.8. The Balaban J connectivity index is 0.000000247. The second-order valence-corrected chi connectivity index (χ2v) is 22.3. The maximum atomic E-state index is 13.7. The normalized spacial score (nSPS) is 19.8. The number of sulfone groups is 2. The Morgan fingerprint density at radius 1 is 0.621 bits per heavy atom. The van der Waals surface area contributed by atoms with E-state index < -0.39 is 31.6 Å². The van der Waals surface area contributed by atoms with Gasteiger partial charge < -0.3 is 29.5 Å². The third kappa shape index (κ3) is 12.7. The van der Waals surface area contributed by atoms with E-state index in [-0.39, 0.29) is 32.1 Å². The molecular formula is C50H62N2O10S4. The fourth-order valence-electron chi connectivity index (χ4n) is 8.57. The lowest BCUT2D eigenvalue weighted by Gasteiger charge is -2.36. The Hall–Kier alpha value is -4.90. The maximum Gasteiger partial charge on any atom is 0.331 e. The van der Waals surface area contributed by atoms with Crippen LogP contribution in [0.5, 0.6) is 11.5 Å². The zero-order valence-corrected chi connectivity index (χ0v) is 41.8. The molecule has 6 rings (SSSR count). The lowest BCUT2D eigenvalue weighted by atomic mass is 9.81. The number of nitrogens with zero attached hydrogens (tertiary/aromatic N) is 2. The van der Waals surface area contributed by atoms with Gasteiger partial charge in [-0.15, -0.1) is 23.5 Å². The van der Waals surface area contributed by atoms with E-state index in [0.717, 1.165) is 97.2 Å². The summed E-state index contributed by atoms with van der Waals surface area (Å²) in [6.07, 6.45) is 14.8. The van der Waals surface area contributed by atoms with Crippen LogP contribution in [0.15, 0.2) is 129 Å². The van der Waals surface area contributed by atoms with Crippen molar-refractivity contribution >= 4 is 77.9 Å². The summed E-state index contributed by atoms with van der Waals surface area (Å²) in [5.74, 6) is -1.49. The molecule has 0 saturated carbocycles. The predicted molar refractivity (Wildman–Crippen MR) is 267 cm³/mol. The van der Waals surface area contributed by atoms with Crippen molar-refractivity contribution < 1.29 is 46.1 Å². The minimum absolute atomic E-state index is 0.0653. The van der Waals surface area contributed by atoms with E-state index in [1.807, 2.05) is 85.3 Å². The second kappa shape index (κ2) is 23.2. The van der Waals surface area contributed by atoms with Gasteiger partial charge in [0.1, 0.15) is 11.5 Å². The number of unbranched alkanes of at least 4 members (excludes halogenated alkanes) is 2. The van der Waals surface area contributed by atoms with Gasteiger partial charge in [-0.25, -0.2) is 26.4 Å². The molecule has 2 atom stereocenters. The van der Waals surface area contributed by atoms with Crippen LogP contribution in [0.3, 0.4) is 0 Å². The quantitative estimate of drug-likeness (QED) is 0.0549. The maximum absolute atomic E-state index is 13.7. The molecule has 0 bridgehead atoms. The molecule has 356 valence electrons. The van der Waals surface area contributed by atoms with Crippen LogP contribution in [0, 0.1) is 10.8 Å². The van der Waals surface area contributed by atoms with Crippen LogP contribution in [-0.4, -0.2) is 76.1 Å². The average molecular weight is 979 g/mol. The van der Waals surface area contributed by atoms with E-state index in [4.69, 9.17) is 19.7 Å². The summed E-state index contributed by atoms with van der Waals surface area (Å²) in [6, 6.07) is 26.5. The number of carboxylic acids is 2. The van der Waals surface area contributed by atoms with Gasteiger partial charge in [-0.2, -0.15) is 0 Å². The third-order valence-corrected chi connectivity index (χ3v) is 17.8. The Bertz CT molecular complexity index is 2410. The molecular weight excluding hydrogens is 917 g/mol. The molecule has 2 aliphatic heterocycles. The van der Waals surface area contributed by atoms with Crippen LogP contribution in [0.1, 0.15) is 79.1 Å². The molecule has 0 aliphatic carbocycles. The molecule has 66 heavy (non-hydrogen) atoms. The van der Waals surface area contributed by atoms with Crippen LogP contribution in [0.4, 0.5) is 22.7 Å². The molecule has 0 aromatic heterocycles. The van der Waals surface area contributed by atoms with Crippen molar-refractivity contribution in [1.29, 1.82) is 0 Å². The standard InChI is InChI=1S/2C25H31NO5S2/c2*1-4-6-13-25(5-2)17-26(19-10-8-7-9-11-19)20-15-22(32-3)21(31-14-12-24(27)28)16-23(20)33(29,30)18-25/h2*7-12,14-16H,4-6,13,17-18H2,1-3H3,(H,27,28)/b2*14-12-/t2*25-/m10/s1. The Kier molecular flexibility index (Phi) is 18.3. The number of benzene rings is 4. The van der Waals surface area contributed by atoms with Gasteiger partial charge in [0.05, 0.1) is 67.1 Å². The molecule has 2 N–H and O–H groups in total. The van der Waals surface area contributed by atoms with E-state index in [1.165, 1.54) is 23.5 Å². The minimum Gasteiger partial charge on any atom is -0.478 e. The number of hydrogen-bond donors (Lipinski definition) is 2. The predicted octanol–water partition coefficient (Wildman–Crippen LogP) is 11.8. The van der Waals surface area contributed by atoms with E-state index in [9.17, 15) is 26.4 Å². The molecule has 2 aliphatic rings. The average Bonchev–Trinajstić information content (AvgIpc) is 3.47. The number of fused-ring (bicyclic) bond motifs is 2. The highest BCUT2D eigenvalue weighted by atomic mass is 32.2. The number of carbonyl (C=O) groups is 2. The van der Waals surface area contributed by atoms with Crippen molar-refractivity contribution in [1.82, 2.24) is 0 Å². The number of ether oxygens (including phenoxy) is 2. The first-order chi connectivity index (χ1) is 31.5. The van der Waals surface area contributed by atoms with Crippen LogP contribution < -0.4 is 19.3 Å². The van der Waals surface area contributed by atoms with Crippen LogP contribution in [0.25, 0.3) is 0 Å². The fraction of sp³-hybridized carbons (Fsp3) is 0.400. The van der Waals surface area contributed by atoms with Crippen LogP contribution >= 0.6 is 23.5 Å². The molecule has 0 unspecified atom stereocenters. The van der Waals surface area contributed by atoms with E-state index in [1.54, 1.807) is 12.1 Å². The molecule has 12 nitrogen and oxygen atoms in total. The van der Waals surface area contributed by atoms with Gasteiger partial charge >= 0.3 is 11.9 Å². The minimum atomic E-state index is -3.63. The number of para-hydroxylation sites is 2. The zero-order valence-electron chi connectivity index (χ0n) is 38.6. The highest BCUT2D eigenvalue weighted by molar-refractivity contribution is 7.99. The smallest absolute Gasteiger partial charge is 0.331 e. The molecule has 0 amide bonds. The number of anilines is 4. The highest BCUT2D eigenvalue weighted by Crippen LogP contribution is 2.49. The van der Waals surface area contributed by atoms with Gasteiger partial charge in [-0.05, 0) is 74.6 Å². The van der Waals surface area contributed by atoms with Gasteiger partial charge in [-0.3, -0.25) is 0 Å². The lowest BCUT2D eigenvalue weighted by molar-refractivity contribution is -0.132. The molecule has 4 aromatic carbocycles. The van der Waals surface area contributed by atoms with Crippen molar-refractivity contribution in [3.05, 3.63) is 110 Å².